The van der Waals surface area contributed by atoms with E-state index < -0.39 is 5.91 Å². The van der Waals surface area contributed by atoms with Crippen LogP contribution in [0.3, 0.4) is 0 Å². The molecule has 6 heteroatoms. The summed E-state index contributed by atoms with van der Waals surface area (Å²) in [6.07, 6.45) is 3.32. The molecule has 0 aliphatic rings. The zero-order valence-electron chi connectivity index (χ0n) is 14.5. The lowest BCUT2D eigenvalue weighted by atomic mass is 10.1. The summed E-state index contributed by atoms with van der Waals surface area (Å²) in [5.41, 5.74) is 3.23. The number of aryl methyl sites for hydroxylation is 1. The van der Waals surface area contributed by atoms with Crippen molar-refractivity contribution < 1.29 is 4.79 Å². The first-order valence-corrected chi connectivity index (χ1v) is 8.00. The van der Waals surface area contributed by atoms with Crippen molar-refractivity contribution in [1.82, 2.24) is 14.3 Å². The molecule has 0 fully saturated rings. The van der Waals surface area contributed by atoms with Crippen LogP contribution in [0, 0.1) is 13.8 Å². The number of anilines is 1. The average Bonchev–Trinajstić information content (AvgIpc) is 3.04. The molecule has 0 saturated carbocycles. The number of amides is 1. The summed E-state index contributed by atoms with van der Waals surface area (Å²) in [6, 6.07) is 11.6. The fourth-order valence-corrected chi connectivity index (χ4v) is 2.63. The first-order chi connectivity index (χ1) is 12.0. The standard InChI is InChI=1S/C19H20N4O2/c1-13-9-17(19(25)22(3)14(13)2)18(24)21-16-10-20-23(12-16)11-15-7-5-4-6-8-15/h4-10,12H,11H2,1-3H3,(H,21,24). The van der Waals surface area contributed by atoms with Crippen molar-refractivity contribution in [2.45, 2.75) is 20.4 Å². The summed E-state index contributed by atoms with van der Waals surface area (Å²) >= 11 is 0. The second kappa shape index (κ2) is 6.76. The normalized spacial score (nSPS) is 10.7. The van der Waals surface area contributed by atoms with Gasteiger partial charge in [-0.05, 0) is 31.0 Å². The van der Waals surface area contributed by atoms with Gasteiger partial charge in [0.15, 0.2) is 0 Å². The molecule has 3 rings (SSSR count). The van der Waals surface area contributed by atoms with E-state index in [0.717, 1.165) is 16.8 Å². The Morgan fingerprint density at radius 2 is 1.92 bits per heavy atom. The van der Waals surface area contributed by atoms with Gasteiger partial charge < -0.3 is 9.88 Å². The first-order valence-electron chi connectivity index (χ1n) is 8.00. The topological polar surface area (TPSA) is 68.9 Å². The largest absolute Gasteiger partial charge is 0.319 e. The number of rotatable bonds is 4. The molecule has 25 heavy (non-hydrogen) atoms. The van der Waals surface area contributed by atoms with E-state index in [1.54, 1.807) is 30.2 Å². The highest BCUT2D eigenvalue weighted by Crippen LogP contribution is 2.11. The van der Waals surface area contributed by atoms with Crippen molar-refractivity contribution in [1.29, 1.82) is 0 Å². The minimum absolute atomic E-state index is 0.126. The quantitative estimate of drug-likeness (QED) is 0.796. The Morgan fingerprint density at radius 3 is 2.64 bits per heavy atom. The number of benzene rings is 1. The highest BCUT2D eigenvalue weighted by Gasteiger charge is 2.15. The Kier molecular flexibility index (Phi) is 4.52. The third-order valence-electron chi connectivity index (χ3n) is 4.29. The van der Waals surface area contributed by atoms with E-state index in [4.69, 9.17) is 0 Å². The van der Waals surface area contributed by atoms with Gasteiger partial charge >= 0.3 is 0 Å². The molecule has 0 atom stereocenters. The number of carbonyl (C=O) groups is 1. The van der Waals surface area contributed by atoms with Gasteiger partial charge in [0, 0.05) is 18.9 Å². The highest BCUT2D eigenvalue weighted by atomic mass is 16.2. The van der Waals surface area contributed by atoms with Crippen molar-refractivity contribution in [2.75, 3.05) is 5.32 Å². The van der Waals surface area contributed by atoms with Crippen LogP contribution in [0.5, 0.6) is 0 Å². The molecule has 128 valence electrons. The second-order valence-electron chi connectivity index (χ2n) is 6.06. The zero-order valence-corrected chi connectivity index (χ0v) is 14.5. The summed E-state index contributed by atoms with van der Waals surface area (Å²) < 4.78 is 3.23. The molecule has 0 aliphatic heterocycles. The van der Waals surface area contributed by atoms with E-state index in [0.29, 0.717) is 12.2 Å². The van der Waals surface area contributed by atoms with Crippen LogP contribution in [0.15, 0.2) is 53.6 Å². The Labute approximate surface area is 145 Å². The maximum Gasteiger partial charge on any atom is 0.263 e. The Morgan fingerprint density at radius 1 is 1.20 bits per heavy atom. The Bertz CT molecular complexity index is 971. The summed E-state index contributed by atoms with van der Waals surface area (Å²) in [4.78, 5) is 24.8. The molecule has 6 nitrogen and oxygen atoms in total. The van der Waals surface area contributed by atoms with Gasteiger partial charge in [-0.1, -0.05) is 30.3 Å². The van der Waals surface area contributed by atoms with Crippen LogP contribution in [-0.2, 0) is 13.6 Å². The zero-order chi connectivity index (χ0) is 18.0. The van der Waals surface area contributed by atoms with Gasteiger partial charge in [0.2, 0.25) is 0 Å². The molecule has 0 radical (unpaired) electrons. The van der Waals surface area contributed by atoms with Crippen molar-refractivity contribution in [3.05, 3.63) is 81.5 Å². The van der Waals surface area contributed by atoms with Gasteiger partial charge in [0.05, 0.1) is 18.4 Å². The molecule has 3 aromatic rings. The molecule has 1 aromatic carbocycles. The number of aromatic nitrogens is 3. The van der Waals surface area contributed by atoms with Crippen molar-refractivity contribution in [3.63, 3.8) is 0 Å². The van der Waals surface area contributed by atoms with E-state index >= 15 is 0 Å². The molecule has 2 aromatic heterocycles. The second-order valence-corrected chi connectivity index (χ2v) is 6.06. The monoisotopic (exact) mass is 336 g/mol. The molecule has 1 N–H and O–H groups in total. The molecule has 0 unspecified atom stereocenters. The predicted octanol–water partition coefficient (Wildman–Crippen LogP) is 2.50. The maximum atomic E-state index is 12.5. The number of nitrogens with zero attached hydrogens (tertiary/aromatic N) is 3. The first kappa shape index (κ1) is 16.7. The van der Waals surface area contributed by atoms with Crippen LogP contribution in [-0.4, -0.2) is 20.3 Å². The van der Waals surface area contributed by atoms with Gasteiger partial charge in [-0.15, -0.1) is 0 Å². The lowest BCUT2D eigenvalue weighted by Gasteiger charge is -2.10. The van der Waals surface area contributed by atoms with E-state index in [-0.39, 0.29) is 11.1 Å². The van der Waals surface area contributed by atoms with Gasteiger partial charge in [0.25, 0.3) is 11.5 Å². The fraction of sp³-hybridized carbons (Fsp3) is 0.211. The molecular formula is C19H20N4O2. The van der Waals surface area contributed by atoms with Crippen LogP contribution in [0.2, 0.25) is 0 Å². The smallest absolute Gasteiger partial charge is 0.263 e. The Balaban J connectivity index is 1.77. The van der Waals surface area contributed by atoms with Crippen LogP contribution in [0.1, 0.15) is 27.2 Å². The maximum absolute atomic E-state index is 12.5. The third kappa shape index (κ3) is 3.52. The van der Waals surface area contributed by atoms with E-state index in [2.05, 4.69) is 10.4 Å². The molecule has 1 amide bonds. The van der Waals surface area contributed by atoms with E-state index in [1.807, 2.05) is 44.2 Å². The lowest BCUT2D eigenvalue weighted by molar-refractivity contribution is 0.102. The number of nitrogens with one attached hydrogen (secondary N) is 1. The SMILES string of the molecule is Cc1cc(C(=O)Nc2cnn(Cc3ccccc3)c2)c(=O)n(C)c1C. The van der Waals surface area contributed by atoms with Crippen molar-refractivity contribution in [2.24, 2.45) is 7.05 Å². The predicted molar refractivity (Wildman–Crippen MR) is 96.9 cm³/mol. The van der Waals surface area contributed by atoms with Gasteiger partial charge in [0.1, 0.15) is 5.56 Å². The van der Waals surface area contributed by atoms with E-state index in [9.17, 15) is 9.59 Å². The van der Waals surface area contributed by atoms with E-state index in [1.165, 1.54) is 4.57 Å². The van der Waals surface area contributed by atoms with Crippen molar-refractivity contribution in [3.8, 4) is 0 Å². The fourth-order valence-electron chi connectivity index (χ4n) is 2.63. The molecule has 2 heterocycles. The third-order valence-corrected chi connectivity index (χ3v) is 4.29. The van der Waals surface area contributed by atoms with Crippen molar-refractivity contribution >= 4 is 11.6 Å². The molecule has 0 bridgehead atoms. The minimum Gasteiger partial charge on any atom is -0.319 e. The average molecular weight is 336 g/mol. The molecule has 0 saturated heterocycles. The van der Waals surface area contributed by atoms with Gasteiger partial charge in [-0.25, -0.2) is 0 Å². The van der Waals surface area contributed by atoms with Crippen LogP contribution >= 0.6 is 0 Å². The van der Waals surface area contributed by atoms with Crippen LogP contribution < -0.4 is 10.9 Å². The lowest BCUT2D eigenvalue weighted by Crippen LogP contribution is -2.29. The molecular weight excluding hydrogens is 316 g/mol. The van der Waals surface area contributed by atoms with Crippen LogP contribution in [0.4, 0.5) is 5.69 Å². The number of hydrogen-bond donors (Lipinski definition) is 1. The number of pyridine rings is 1. The van der Waals surface area contributed by atoms with Crippen LogP contribution in [0.25, 0.3) is 0 Å². The van der Waals surface area contributed by atoms with Gasteiger partial charge in [-0.3, -0.25) is 14.3 Å². The highest BCUT2D eigenvalue weighted by molar-refractivity contribution is 6.04. The summed E-state index contributed by atoms with van der Waals surface area (Å²) in [5, 5.41) is 6.99. The van der Waals surface area contributed by atoms with Gasteiger partial charge in [-0.2, -0.15) is 5.10 Å². The molecule has 0 aliphatic carbocycles. The molecule has 0 spiro atoms. The summed E-state index contributed by atoms with van der Waals surface area (Å²) in [6.45, 7) is 4.34. The summed E-state index contributed by atoms with van der Waals surface area (Å²) in [7, 11) is 1.67. The minimum atomic E-state index is -0.428. The number of carbonyl (C=O) groups excluding carboxylic acids is 1. The number of hydrogen-bond acceptors (Lipinski definition) is 3. The Hall–Kier alpha value is -3.15. The summed E-state index contributed by atoms with van der Waals surface area (Å²) in [5.74, 6) is -0.428.